The highest BCUT2D eigenvalue weighted by Gasteiger charge is 2.23. The van der Waals surface area contributed by atoms with Crippen molar-refractivity contribution in [3.05, 3.63) is 229 Å². The van der Waals surface area contributed by atoms with Crippen LogP contribution in [0.25, 0.3) is 110 Å². The van der Waals surface area contributed by atoms with Crippen LogP contribution in [0.3, 0.4) is 0 Å². The maximum Gasteiger partial charge on any atom is 0.159 e. The van der Waals surface area contributed by atoms with Crippen molar-refractivity contribution >= 4 is 43.1 Å². The molecule has 0 fully saturated rings. The first kappa shape index (κ1) is 40.7. The molecular formula is C58H30F8. The molecule has 0 heterocycles. The third-order valence-electron chi connectivity index (χ3n) is 12.3. The molecule has 11 rings (SSSR count). The van der Waals surface area contributed by atoms with E-state index in [2.05, 4.69) is 0 Å². The summed E-state index contributed by atoms with van der Waals surface area (Å²) in [6.45, 7) is 0. The number of hydrogen-bond donors (Lipinski definition) is 0. The summed E-state index contributed by atoms with van der Waals surface area (Å²) in [6.07, 6.45) is 0. The van der Waals surface area contributed by atoms with Gasteiger partial charge in [-0.15, -0.1) is 0 Å². The van der Waals surface area contributed by atoms with Crippen molar-refractivity contribution in [1.82, 2.24) is 0 Å². The lowest BCUT2D eigenvalue weighted by Gasteiger charge is -2.22. The molecule has 11 aromatic carbocycles. The van der Waals surface area contributed by atoms with E-state index in [9.17, 15) is 17.6 Å². The number of benzene rings is 11. The molecule has 0 amide bonds. The first-order valence-electron chi connectivity index (χ1n) is 20.9. The van der Waals surface area contributed by atoms with Crippen molar-refractivity contribution in [2.75, 3.05) is 0 Å². The Morgan fingerprint density at radius 1 is 0.167 bits per heavy atom. The van der Waals surface area contributed by atoms with E-state index in [-0.39, 0.29) is 0 Å². The van der Waals surface area contributed by atoms with Crippen molar-refractivity contribution in [2.24, 2.45) is 0 Å². The summed E-state index contributed by atoms with van der Waals surface area (Å²) in [7, 11) is 0. The molecule has 0 aliphatic carbocycles. The molecule has 318 valence electrons. The van der Waals surface area contributed by atoms with Gasteiger partial charge in [-0.3, -0.25) is 0 Å². The van der Waals surface area contributed by atoms with Crippen LogP contribution >= 0.6 is 0 Å². The molecule has 0 saturated carbocycles. The molecule has 66 heavy (non-hydrogen) atoms. The van der Waals surface area contributed by atoms with E-state index >= 15 is 17.6 Å². The lowest BCUT2D eigenvalue weighted by atomic mass is 9.81. The minimum atomic E-state index is -1.06. The van der Waals surface area contributed by atoms with Crippen LogP contribution in [-0.2, 0) is 0 Å². The highest BCUT2D eigenvalue weighted by molar-refractivity contribution is 6.09. The maximum atomic E-state index is 15.1. The molecular weight excluding hydrogens is 849 g/mol. The molecule has 0 aliphatic heterocycles. The second kappa shape index (κ2) is 15.9. The molecule has 0 atom stereocenters. The minimum Gasteiger partial charge on any atom is -0.204 e. The Morgan fingerprint density at radius 3 is 0.591 bits per heavy atom. The Balaban J connectivity index is 1.26. The van der Waals surface area contributed by atoms with Crippen molar-refractivity contribution in [3.63, 3.8) is 0 Å². The van der Waals surface area contributed by atoms with Gasteiger partial charge < -0.3 is 0 Å². The Hall–Kier alpha value is -8.10. The highest BCUT2D eigenvalue weighted by atomic mass is 19.2. The normalized spacial score (nSPS) is 11.6. The Kier molecular flexibility index (Phi) is 9.77. The number of rotatable bonds is 6. The van der Waals surface area contributed by atoms with Crippen LogP contribution < -0.4 is 0 Å². The molecule has 0 bridgehead atoms. The van der Waals surface area contributed by atoms with Crippen LogP contribution in [-0.4, -0.2) is 0 Å². The fraction of sp³-hybridized carbons (Fsp3) is 0. The van der Waals surface area contributed by atoms with E-state index in [1.54, 1.807) is 48.5 Å². The van der Waals surface area contributed by atoms with Crippen molar-refractivity contribution in [2.45, 2.75) is 0 Å². The average molecular weight is 879 g/mol. The maximum absolute atomic E-state index is 15.1. The molecule has 0 saturated heterocycles. The van der Waals surface area contributed by atoms with Crippen LogP contribution in [0.2, 0.25) is 0 Å². The van der Waals surface area contributed by atoms with E-state index in [1.807, 2.05) is 84.9 Å². The van der Waals surface area contributed by atoms with Gasteiger partial charge in [-0.2, -0.15) is 0 Å². The van der Waals surface area contributed by atoms with Crippen LogP contribution in [0.1, 0.15) is 0 Å². The predicted octanol–water partition coefficient (Wildman–Crippen LogP) is 17.4. The fourth-order valence-corrected chi connectivity index (χ4v) is 9.18. The zero-order valence-corrected chi connectivity index (χ0v) is 34.3. The van der Waals surface area contributed by atoms with Crippen LogP contribution in [0.5, 0.6) is 0 Å². The topological polar surface area (TPSA) is 0 Å². The summed E-state index contributed by atoms with van der Waals surface area (Å²) in [5.74, 6) is -8.35. The van der Waals surface area contributed by atoms with Crippen LogP contribution in [0.4, 0.5) is 35.1 Å². The molecule has 0 nitrogen and oxygen atoms in total. The summed E-state index contributed by atoms with van der Waals surface area (Å²) in [5, 5.41) is 3.11. The predicted molar refractivity (Wildman–Crippen MR) is 249 cm³/mol. The van der Waals surface area contributed by atoms with Gasteiger partial charge in [-0.25, -0.2) is 35.1 Å². The van der Waals surface area contributed by atoms with E-state index in [0.717, 1.165) is 59.7 Å². The Labute approximate surface area is 372 Å². The zero-order chi connectivity index (χ0) is 45.4. The number of halogens is 8. The van der Waals surface area contributed by atoms with Crippen molar-refractivity contribution in [3.8, 4) is 66.8 Å². The third-order valence-corrected chi connectivity index (χ3v) is 12.3. The molecule has 0 unspecified atom stereocenters. The lowest BCUT2D eigenvalue weighted by molar-refractivity contribution is 0.511. The van der Waals surface area contributed by atoms with E-state index in [4.69, 9.17) is 0 Å². The van der Waals surface area contributed by atoms with Gasteiger partial charge in [-0.1, -0.05) is 84.9 Å². The molecule has 0 radical (unpaired) electrons. The molecule has 8 heteroatoms. The van der Waals surface area contributed by atoms with E-state index in [0.29, 0.717) is 98.7 Å². The van der Waals surface area contributed by atoms with E-state index < -0.39 is 46.5 Å². The molecule has 0 spiro atoms. The third kappa shape index (κ3) is 7.02. The van der Waals surface area contributed by atoms with Gasteiger partial charge in [0.15, 0.2) is 46.5 Å². The monoisotopic (exact) mass is 878 g/mol. The first-order chi connectivity index (χ1) is 32.0. The SMILES string of the molecule is Fc1cc2cc(-c3ccccc3)c(-c3cc4cc(F)c(F)cc4cc3-c3ccccc3-c3cc4cc(F)c(F)cc4cc3-c3cc4cc(F)c(F)cc4cc3-c3ccccc3)cc2cc1F. The van der Waals surface area contributed by atoms with Crippen molar-refractivity contribution < 1.29 is 35.1 Å². The van der Waals surface area contributed by atoms with E-state index in [1.165, 1.54) is 0 Å². The summed E-state index contributed by atoms with van der Waals surface area (Å²) in [6, 6.07) is 48.9. The summed E-state index contributed by atoms with van der Waals surface area (Å²) in [4.78, 5) is 0. The molecule has 0 aromatic heterocycles. The Morgan fingerprint density at radius 2 is 0.348 bits per heavy atom. The number of fused-ring (bicyclic) bond motifs is 4. The largest absolute Gasteiger partial charge is 0.204 e. The lowest BCUT2D eigenvalue weighted by Crippen LogP contribution is -1.97. The quantitative estimate of drug-likeness (QED) is 0.146. The smallest absolute Gasteiger partial charge is 0.159 e. The summed E-state index contributed by atoms with van der Waals surface area (Å²) < 4.78 is 120. The number of hydrogen-bond acceptors (Lipinski definition) is 0. The summed E-state index contributed by atoms with van der Waals surface area (Å²) in [5.41, 5.74) is 7.25. The minimum absolute atomic E-state index is 0.365. The van der Waals surface area contributed by atoms with Gasteiger partial charge in [0, 0.05) is 0 Å². The second-order valence-electron chi connectivity index (χ2n) is 16.3. The van der Waals surface area contributed by atoms with Crippen LogP contribution in [0.15, 0.2) is 182 Å². The van der Waals surface area contributed by atoms with Crippen molar-refractivity contribution in [1.29, 1.82) is 0 Å². The second-order valence-corrected chi connectivity index (χ2v) is 16.3. The summed E-state index contributed by atoms with van der Waals surface area (Å²) >= 11 is 0. The zero-order valence-electron chi connectivity index (χ0n) is 34.3. The highest BCUT2D eigenvalue weighted by Crippen LogP contribution is 2.49. The van der Waals surface area contributed by atoms with Gasteiger partial charge in [0.05, 0.1) is 0 Å². The van der Waals surface area contributed by atoms with Gasteiger partial charge in [0.1, 0.15) is 0 Å². The Bertz CT molecular complexity index is 3540. The molecule has 11 aromatic rings. The van der Waals surface area contributed by atoms with Gasteiger partial charge in [0.2, 0.25) is 0 Å². The van der Waals surface area contributed by atoms with Gasteiger partial charge in [-0.05, 0) is 207 Å². The standard InChI is InChI=1S/C58H30F8/c59-51-23-33-15-43(31-9-3-1-4-10-31)47(19-37(33)27-55(51)63)49-21-39-29-57(65)53(61)25-35(39)17-45(49)41-13-7-8-14-42(41)46-18-36-26-54(62)58(66)30-40(36)22-50(46)48-20-38-28-56(64)52(60)24-34(38)16-44(48)32-11-5-2-6-12-32/h1-30H. The average Bonchev–Trinajstić information content (AvgIpc) is 3.32. The van der Waals surface area contributed by atoms with Crippen LogP contribution in [0, 0.1) is 46.5 Å². The van der Waals surface area contributed by atoms with Gasteiger partial charge in [0.25, 0.3) is 0 Å². The van der Waals surface area contributed by atoms with Gasteiger partial charge >= 0.3 is 0 Å². The molecule has 0 aliphatic rings. The first-order valence-corrected chi connectivity index (χ1v) is 20.9. The molecule has 0 N–H and O–H groups in total. The fourth-order valence-electron chi connectivity index (χ4n) is 9.18.